The Morgan fingerprint density at radius 3 is 2.65 bits per heavy atom. The number of amides is 2. The maximum absolute atomic E-state index is 12.4. The molecule has 0 aliphatic carbocycles. The molecule has 4 nitrogen and oxygen atoms in total. The molecule has 3 rings (SSSR count). The third kappa shape index (κ3) is 3.49. The number of hydrogen-bond acceptors (Lipinski definition) is 2. The number of rotatable bonds is 3. The maximum Gasteiger partial charge on any atom is 0.255 e. The molecule has 118 valence electrons. The Bertz CT molecular complexity index is 777. The van der Waals surface area contributed by atoms with E-state index in [1.807, 2.05) is 6.07 Å². The second-order valence-electron chi connectivity index (χ2n) is 5.28. The molecule has 0 bridgehead atoms. The molecule has 1 aliphatic rings. The van der Waals surface area contributed by atoms with E-state index in [1.165, 1.54) is 0 Å². The Balaban J connectivity index is 1.81. The van der Waals surface area contributed by atoms with Gasteiger partial charge < -0.3 is 10.2 Å². The summed E-state index contributed by atoms with van der Waals surface area (Å²) in [6.07, 6.45) is 1.40. The second kappa shape index (κ2) is 6.60. The molecule has 0 unspecified atom stereocenters. The maximum atomic E-state index is 12.4. The van der Waals surface area contributed by atoms with E-state index in [4.69, 9.17) is 23.2 Å². The number of nitrogens with zero attached hydrogens (tertiary/aromatic N) is 1. The van der Waals surface area contributed by atoms with E-state index >= 15 is 0 Å². The summed E-state index contributed by atoms with van der Waals surface area (Å²) in [5.74, 6) is -0.203. The van der Waals surface area contributed by atoms with Crippen LogP contribution >= 0.6 is 23.2 Å². The van der Waals surface area contributed by atoms with Crippen LogP contribution in [-0.2, 0) is 4.79 Å². The zero-order chi connectivity index (χ0) is 16.4. The van der Waals surface area contributed by atoms with E-state index < -0.39 is 0 Å². The van der Waals surface area contributed by atoms with Crippen molar-refractivity contribution >= 4 is 46.4 Å². The van der Waals surface area contributed by atoms with E-state index in [2.05, 4.69) is 5.32 Å². The summed E-state index contributed by atoms with van der Waals surface area (Å²) in [5, 5.41) is 3.62. The van der Waals surface area contributed by atoms with Crippen molar-refractivity contribution < 1.29 is 9.59 Å². The van der Waals surface area contributed by atoms with Crippen LogP contribution in [-0.4, -0.2) is 18.4 Å². The average molecular weight is 349 g/mol. The summed E-state index contributed by atoms with van der Waals surface area (Å²) < 4.78 is 0. The highest BCUT2D eigenvalue weighted by molar-refractivity contribution is 6.36. The average Bonchev–Trinajstić information content (AvgIpc) is 2.96. The first-order chi connectivity index (χ1) is 11.0. The lowest BCUT2D eigenvalue weighted by atomic mass is 10.1. The first-order valence-corrected chi connectivity index (χ1v) is 7.97. The lowest BCUT2D eigenvalue weighted by molar-refractivity contribution is -0.117. The van der Waals surface area contributed by atoms with Gasteiger partial charge in [0.15, 0.2) is 0 Å². The molecular formula is C17H14Cl2N2O2. The smallest absolute Gasteiger partial charge is 0.255 e. The summed E-state index contributed by atoms with van der Waals surface area (Å²) in [5.41, 5.74) is 1.69. The van der Waals surface area contributed by atoms with Crippen LogP contribution in [0.2, 0.25) is 10.0 Å². The summed E-state index contributed by atoms with van der Waals surface area (Å²) in [6.45, 7) is 0.687. The molecule has 1 N–H and O–H groups in total. The molecule has 2 amide bonds. The zero-order valence-electron chi connectivity index (χ0n) is 12.2. The van der Waals surface area contributed by atoms with Crippen LogP contribution < -0.4 is 10.2 Å². The first kappa shape index (κ1) is 15.8. The Labute approximate surface area is 144 Å². The fraction of sp³-hybridized carbons (Fsp3) is 0.176. The first-order valence-electron chi connectivity index (χ1n) is 7.21. The predicted octanol–water partition coefficient (Wildman–Crippen LogP) is 4.37. The molecule has 0 saturated carbocycles. The number of anilines is 2. The Kier molecular flexibility index (Phi) is 4.55. The standard InChI is InChI=1S/C17H14Cl2N2O2/c18-12-6-7-15(14(19)10-12)20-17(23)11-3-1-4-13(9-11)21-8-2-5-16(21)22/h1,3-4,6-7,9-10H,2,5,8H2,(H,20,23). The molecule has 2 aromatic carbocycles. The van der Waals surface area contributed by atoms with Crippen LogP contribution in [0.1, 0.15) is 23.2 Å². The minimum atomic E-state index is -0.289. The van der Waals surface area contributed by atoms with Crippen LogP contribution in [0.4, 0.5) is 11.4 Å². The summed E-state index contributed by atoms with van der Waals surface area (Å²) in [6, 6.07) is 11.9. The van der Waals surface area contributed by atoms with E-state index in [9.17, 15) is 9.59 Å². The second-order valence-corrected chi connectivity index (χ2v) is 6.12. The minimum absolute atomic E-state index is 0.0864. The van der Waals surface area contributed by atoms with Gasteiger partial charge in [-0.3, -0.25) is 9.59 Å². The van der Waals surface area contributed by atoms with E-state index in [1.54, 1.807) is 41.3 Å². The van der Waals surface area contributed by atoms with Gasteiger partial charge in [0.2, 0.25) is 5.91 Å². The van der Waals surface area contributed by atoms with Crippen molar-refractivity contribution in [3.8, 4) is 0 Å². The van der Waals surface area contributed by atoms with Crippen LogP contribution in [0.15, 0.2) is 42.5 Å². The van der Waals surface area contributed by atoms with Crippen LogP contribution in [0.25, 0.3) is 0 Å². The van der Waals surface area contributed by atoms with Crippen molar-refractivity contribution in [2.75, 3.05) is 16.8 Å². The van der Waals surface area contributed by atoms with Gasteiger partial charge in [0.05, 0.1) is 10.7 Å². The van der Waals surface area contributed by atoms with Gasteiger partial charge in [-0.05, 0) is 42.8 Å². The van der Waals surface area contributed by atoms with Gasteiger partial charge in [-0.15, -0.1) is 0 Å². The normalized spacial score (nSPS) is 14.2. The number of carbonyl (C=O) groups is 2. The monoisotopic (exact) mass is 348 g/mol. The largest absolute Gasteiger partial charge is 0.321 e. The number of benzene rings is 2. The Morgan fingerprint density at radius 1 is 1.13 bits per heavy atom. The highest BCUT2D eigenvalue weighted by atomic mass is 35.5. The predicted molar refractivity (Wildman–Crippen MR) is 92.4 cm³/mol. The number of nitrogens with one attached hydrogen (secondary N) is 1. The summed E-state index contributed by atoms with van der Waals surface area (Å²) in [4.78, 5) is 25.9. The molecule has 0 aromatic heterocycles. The van der Waals surface area contributed by atoms with Crippen molar-refractivity contribution in [2.24, 2.45) is 0 Å². The molecule has 23 heavy (non-hydrogen) atoms. The van der Waals surface area contributed by atoms with E-state index in [0.717, 1.165) is 12.1 Å². The molecule has 1 aliphatic heterocycles. The molecule has 1 fully saturated rings. The Morgan fingerprint density at radius 2 is 1.96 bits per heavy atom. The summed E-state index contributed by atoms with van der Waals surface area (Å²) >= 11 is 11.9. The third-order valence-electron chi connectivity index (χ3n) is 3.67. The third-order valence-corrected chi connectivity index (χ3v) is 4.22. The van der Waals surface area contributed by atoms with Crippen molar-refractivity contribution in [3.05, 3.63) is 58.1 Å². The molecule has 6 heteroatoms. The van der Waals surface area contributed by atoms with E-state index in [-0.39, 0.29) is 11.8 Å². The van der Waals surface area contributed by atoms with Crippen LogP contribution in [0.3, 0.4) is 0 Å². The molecule has 1 saturated heterocycles. The summed E-state index contributed by atoms with van der Waals surface area (Å²) in [7, 11) is 0. The van der Waals surface area contributed by atoms with Gasteiger partial charge in [-0.2, -0.15) is 0 Å². The fourth-order valence-corrected chi connectivity index (χ4v) is 2.98. The molecular weight excluding hydrogens is 335 g/mol. The lowest BCUT2D eigenvalue weighted by Gasteiger charge is -2.16. The molecule has 0 radical (unpaired) electrons. The minimum Gasteiger partial charge on any atom is -0.321 e. The van der Waals surface area contributed by atoms with Gasteiger partial charge in [0.1, 0.15) is 0 Å². The number of halogens is 2. The van der Waals surface area contributed by atoms with Crippen LogP contribution in [0.5, 0.6) is 0 Å². The molecule has 1 heterocycles. The number of carbonyl (C=O) groups excluding carboxylic acids is 2. The van der Waals surface area contributed by atoms with Gasteiger partial charge in [0, 0.05) is 29.2 Å². The van der Waals surface area contributed by atoms with Crippen molar-refractivity contribution in [1.82, 2.24) is 0 Å². The van der Waals surface area contributed by atoms with Crippen LogP contribution in [0, 0.1) is 0 Å². The van der Waals surface area contributed by atoms with Gasteiger partial charge in [-0.25, -0.2) is 0 Å². The topological polar surface area (TPSA) is 49.4 Å². The fourth-order valence-electron chi connectivity index (χ4n) is 2.52. The lowest BCUT2D eigenvalue weighted by Crippen LogP contribution is -2.24. The van der Waals surface area contributed by atoms with Gasteiger partial charge in [0.25, 0.3) is 5.91 Å². The molecule has 2 aromatic rings. The molecule has 0 spiro atoms. The van der Waals surface area contributed by atoms with E-state index in [0.29, 0.717) is 34.3 Å². The van der Waals surface area contributed by atoms with Gasteiger partial charge in [-0.1, -0.05) is 29.3 Å². The van der Waals surface area contributed by atoms with Crippen molar-refractivity contribution in [1.29, 1.82) is 0 Å². The van der Waals surface area contributed by atoms with Crippen molar-refractivity contribution in [3.63, 3.8) is 0 Å². The van der Waals surface area contributed by atoms with Crippen molar-refractivity contribution in [2.45, 2.75) is 12.8 Å². The highest BCUT2D eigenvalue weighted by Crippen LogP contribution is 2.27. The highest BCUT2D eigenvalue weighted by Gasteiger charge is 2.22. The van der Waals surface area contributed by atoms with Gasteiger partial charge >= 0.3 is 0 Å². The number of hydrogen-bond donors (Lipinski definition) is 1. The zero-order valence-corrected chi connectivity index (χ0v) is 13.7. The Hall–Kier alpha value is -2.04. The molecule has 0 atom stereocenters. The SMILES string of the molecule is O=C(Nc1ccc(Cl)cc1Cl)c1cccc(N2CCCC2=O)c1. The quantitative estimate of drug-likeness (QED) is 0.894.